The maximum Gasteiger partial charge on any atom is 0.274 e. The van der Waals surface area contributed by atoms with Crippen molar-refractivity contribution in [3.8, 4) is 5.75 Å². The average molecular weight is 363 g/mol. The molecule has 1 aromatic heterocycles. The van der Waals surface area contributed by atoms with Crippen LogP contribution in [-0.2, 0) is 7.05 Å². The van der Waals surface area contributed by atoms with E-state index in [4.69, 9.17) is 16.3 Å². The number of carbonyl (C=O) groups is 1. The van der Waals surface area contributed by atoms with Crippen molar-refractivity contribution in [1.29, 1.82) is 0 Å². The lowest BCUT2D eigenvalue weighted by Crippen LogP contribution is -2.49. The highest BCUT2D eigenvalue weighted by molar-refractivity contribution is 6.30. The maximum atomic E-state index is 12.5. The van der Waals surface area contributed by atoms with Gasteiger partial charge in [0.05, 0.1) is 0 Å². The van der Waals surface area contributed by atoms with Gasteiger partial charge in [0, 0.05) is 50.5 Å². The lowest BCUT2D eigenvalue weighted by molar-refractivity contribution is 0.0614. The highest BCUT2D eigenvalue weighted by Crippen LogP contribution is 2.15. The van der Waals surface area contributed by atoms with Crippen LogP contribution in [0.2, 0.25) is 5.02 Å². The van der Waals surface area contributed by atoms with Gasteiger partial charge in [-0.25, -0.2) is 0 Å². The summed E-state index contributed by atoms with van der Waals surface area (Å²) in [6.07, 6.45) is 0. The van der Waals surface area contributed by atoms with Crippen LogP contribution in [0.1, 0.15) is 16.2 Å². The van der Waals surface area contributed by atoms with Crippen LogP contribution in [-0.4, -0.2) is 64.8 Å². The Bertz CT molecular complexity index is 702. The van der Waals surface area contributed by atoms with E-state index in [1.807, 2.05) is 49.2 Å². The Hall–Kier alpha value is -2.05. The third-order valence-corrected chi connectivity index (χ3v) is 4.73. The summed E-state index contributed by atoms with van der Waals surface area (Å²) in [6, 6.07) is 9.22. The van der Waals surface area contributed by atoms with Gasteiger partial charge in [-0.3, -0.25) is 14.4 Å². The fraction of sp³-hybridized carbons (Fsp3) is 0.444. The summed E-state index contributed by atoms with van der Waals surface area (Å²) in [5, 5.41) is 4.98. The minimum Gasteiger partial charge on any atom is -0.492 e. The quantitative estimate of drug-likeness (QED) is 0.818. The third-order valence-electron chi connectivity index (χ3n) is 4.48. The number of aromatic nitrogens is 2. The van der Waals surface area contributed by atoms with Gasteiger partial charge in [-0.1, -0.05) is 11.6 Å². The summed E-state index contributed by atoms with van der Waals surface area (Å²) in [4.78, 5) is 16.7. The normalized spacial score (nSPS) is 15.4. The Balaban J connectivity index is 1.42. The number of aryl methyl sites for hydroxylation is 2. The highest BCUT2D eigenvalue weighted by atomic mass is 35.5. The molecule has 0 N–H and O–H groups in total. The molecule has 3 rings (SSSR count). The van der Waals surface area contributed by atoms with Crippen molar-refractivity contribution in [2.24, 2.45) is 7.05 Å². The number of rotatable bonds is 5. The van der Waals surface area contributed by atoms with E-state index in [1.54, 1.807) is 4.68 Å². The van der Waals surface area contributed by atoms with Gasteiger partial charge in [-0.05, 0) is 37.3 Å². The highest BCUT2D eigenvalue weighted by Gasteiger charge is 2.23. The maximum absolute atomic E-state index is 12.5. The number of benzene rings is 1. The zero-order valence-corrected chi connectivity index (χ0v) is 15.4. The molecule has 0 aliphatic carbocycles. The first-order valence-electron chi connectivity index (χ1n) is 8.43. The Morgan fingerprint density at radius 2 is 1.88 bits per heavy atom. The molecule has 0 unspecified atom stereocenters. The second-order valence-corrected chi connectivity index (χ2v) is 6.67. The van der Waals surface area contributed by atoms with Crippen molar-refractivity contribution in [2.75, 3.05) is 39.3 Å². The number of piperazine rings is 1. The molecule has 0 spiro atoms. The van der Waals surface area contributed by atoms with Crippen molar-refractivity contribution >= 4 is 17.5 Å². The summed E-state index contributed by atoms with van der Waals surface area (Å²) in [7, 11) is 1.85. The molecule has 1 fully saturated rings. The van der Waals surface area contributed by atoms with Crippen LogP contribution in [0.4, 0.5) is 0 Å². The molecule has 1 aliphatic heterocycles. The summed E-state index contributed by atoms with van der Waals surface area (Å²) in [5.41, 5.74) is 1.51. The molecule has 1 amide bonds. The minimum absolute atomic E-state index is 0.0146. The zero-order valence-electron chi connectivity index (χ0n) is 14.6. The number of halogens is 1. The first-order valence-corrected chi connectivity index (χ1v) is 8.81. The van der Waals surface area contributed by atoms with E-state index >= 15 is 0 Å². The molecule has 134 valence electrons. The predicted octanol–water partition coefficient (Wildman–Crippen LogP) is 2.22. The van der Waals surface area contributed by atoms with Crippen LogP contribution in [0, 0.1) is 6.92 Å². The molecular formula is C18H23ClN4O2. The van der Waals surface area contributed by atoms with Crippen LogP contribution >= 0.6 is 11.6 Å². The van der Waals surface area contributed by atoms with Gasteiger partial charge in [0.15, 0.2) is 5.69 Å². The van der Waals surface area contributed by atoms with E-state index in [-0.39, 0.29) is 5.91 Å². The molecule has 0 bridgehead atoms. The Labute approximate surface area is 152 Å². The van der Waals surface area contributed by atoms with E-state index in [1.165, 1.54) is 0 Å². The van der Waals surface area contributed by atoms with Crippen LogP contribution < -0.4 is 4.74 Å². The van der Waals surface area contributed by atoms with Gasteiger partial charge in [0.2, 0.25) is 0 Å². The molecule has 6 nitrogen and oxygen atoms in total. The Morgan fingerprint density at radius 3 is 2.48 bits per heavy atom. The fourth-order valence-electron chi connectivity index (χ4n) is 2.83. The Morgan fingerprint density at radius 1 is 1.20 bits per heavy atom. The summed E-state index contributed by atoms with van der Waals surface area (Å²) in [6.45, 7) is 6.54. The van der Waals surface area contributed by atoms with Crippen molar-refractivity contribution in [3.63, 3.8) is 0 Å². The minimum atomic E-state index is 0.0146. The second-order valence-electron chi connectivity index (χ2n) is 6.23. The fourth-order valence-corrected chi connectivity index (χ4v) is 2.95. The standard InChI is InChI=1S/C18H23ClN4O2/c1-14-13-17(20-21(14)2)18(24)23-9-7-22(8-10-23)11-12-25-16-5-3-15(19)4-6-16/h3-6,13H,7-12H2,1-2H3. The first-order chi connectivity index (χ1) is 12.0. The number of ether oxygens (including phenoxy) is 1. The molecule has 1 aliphatic rings. The number of amides is 1. The molecule has 1 aromatic carbocycles. The van der Waals surface area contributed by atoms with Gasteiger partial charge in [0.1, 0.15) is 12.4 Å². The number of hydrogen-bond acceptors (Lipinski definition) is 4. The molecule has 1 saturated heterocycles. The van der Waals surface area contributed by atoms with Crippen LogP contribution in [0.3, 0.4) is 0 Å². The Kier molecular flexibility index (Phi) is 5.60. The van der Waals surface area contributed by atoms with E-state index in [9.17, 15) is 4.79 Å². The topological polar surface area (TPSA) is 50.6 Å². The largest absolute Gasteiger partial charge is 0.492 e. The molecular weight excluding hydrogens is 340 g/mol. The monoisotopic (exact) mass is 362 g/mol. The van der Waals surface area contributed by atoms with Crippen molar-refractivity contribution in [3.05, 3.63) is 46.7 Å². The zero-order chi connectivity index (χ0) is 17.8. The average Bonchev–Trinajstić information content (AvgIpc) is 2.96. The van der Waals surface area contributed by atoms with E-state index < -0.39 is 0 Å². The SMILES string of the molecule is Cc1cc(C(=O)N2CCN(CCOc3ccc(Cl)cc3)CC2)nn1C. The van der Waals surface area contributed by atoms with Crippen LogP contribution in [0.15, 0.2) is 30.3 Å². The lowest BCUT2D eigenvalue weighted by Gasteiger charge is -2.34. The van der Waals surface area contributed by atoms with Gasteiger partial charge >= 0.3 is 0 Å². The van der Waals surface area contributed by atoms with Crippen molar-refractivity contribution in [1.82, 2.24) is 19.6 Å². The van der Waals surface area contributed by atoms with Crippen molar-refractivity contribution in [2.45, 2.75) is 6.92 Å². The van der Waals surface area contributed by atoms with Crippen molar-refractivity contribution < 1.29 is 9.53 Å². The molecule has 0 atom stereocenters. The number of nitrogens with zero attached hydrogens (tertiary/aromatic N) is 4. The molecule has 25 heavy (non-hydrogen) atoms. The molecule has 7 heteroatoms. The molecule has 2 heterocycles. The third kappa shape index (κ3) is 4.52. The number of carbonyl (C=O) groups excluding carboxylic acids is 1. The van der Waals surface area contributed by atoms with E-state index in [0.717, 1.165) is 44.2 Å². The predicted molar refractivity (Wildman–Crippen MR) is 97.2 cm³/mol. The van der Waals surface area contributed by atoms with Crippen LogP contribution in [0.5, 0.6) is 5.75 Å². The molecule has 0 radical (unpaired) electrons. The van der Waals surface area contributed by atoms with Gasteiger partial charge in [-0.2, -0.15) is 5.10 Å². The summed E-state index contributed by atoms with van der Waals surface area (Å²) in [5.74, 6) is 0.837. The molecule has 0 saturated carbocycles. The lowest BCUT2D eigenvalue weighted by atomic mass is 10.2. The first kappa shape index (κ1) is 17.8. The van der Waals surface area contributed by atoms with Gasteiger partial charge in [0.25, 0.3) is 5.91 Å². The summed E-state index contributed by atoms with van der Waals surface area (Å²) >= 11 is 5.86. The molecule has 2 aromatic rings. The van der Waals surface area contributed by atoms with E-state index in [0.29, 0.717) is 17.3 Å². The number of hydrogen-bond donors (Lipinski definition) is 0. The van der Waals surface area contributed by atoms with Gasteiger partial charge in [-0.15, -0.1) is 0 Å². The smallest absolute Gasteiger partial charge is 0.274 e. The van der Waals surface area contributed by atoms with Crippen LogP contribution in [0.25, 0.3) is 0 Å². The second kappa shape index (κ2) is 7.89. The van der Waals surface area contributed by atoms with Gasteiger partial charge < -0.3 is 9.64 Å². The summed E-state index contributed by atoms with van der Waals surface area (Å²) < 4.78 is 7.46. The van der Waals surface area contributed by atoms with E-state index in [2.05, 4.69) is 10.00 Å².